The molecule has 0 bridgehead atoms. The monoisotopic (exact) mass is 779 g/mol. The van der Waals surface area contributed by atoms with Crippen LogP contribution < -0.4 is 0 Å². The molecular formula is C57H37N3O. The van der Waals surface area contributed by atoms with Crippen molar-refractivity contribution >= 4 is 87.4 Å². The summed E-state index contributed by atoms with van der Waals surface area (Å²) in [7, 11) is 0. The van der Waals surface area contributed by atoms with Crippen LogP contribution in [0.2, 0.25) is 0 Å². The fraction of sp³-hybridized carbons (Fsp3) is 0.0526. The van der Waals surface area contributed by atoms with E-state index in [1.807, 2.05) is 0 Å². The minimum atomic E-state index is -0.0932. The maximum Gasteiger partial charge on any atom is 0.145 e. The Morgan fingerprint density at radius 3 is 1.48 bits per heavy atom. The Morgan fingerprint density at radius 2 is 0.803 bits per heavy atom. The Balaban J connectivity index is 1.01. The Morgan fingerprint density at radius 1 is 0.328 bits per heavy atom. The quantitative estimate of drug-likeness (QED) is 0.176. The van der Waals surface area contributed by atoms with Crippen LogP contribution >= 0.6 is 0 Å². The third kappa shape index (κ3) is 4.23. The van der Waals surface area contributed by atoms with Gasteiger partial charge in [-0.2, -0.15) is 0 Å². The summed E-state index contributed by atoms with van der Waals surface area (Å²) < 4.78 is 14.5. The van der Waals surface area contributed by atoms with Gasteiger partial charge in [0.1, 0.15) is 11.2 Å². The highest BCUT2D eigenvalue weighted by Crippen LogP contribution is 2.50. The van der Waals surface area contributed by atoms with Gasteiger partial charge in [-0.15, -0.1) is 0 Å². The predicted octanol–water partition coefficient (Wildman–Crippen LogP) is 15.2. The van der Waals surface area contributed by atoms with Gasteiger partial charge >= 0.3 is 0 Å². The molecule has 14 rings (SSSR count). The predicted molar refractivity (Wildman–Crippen MR) is 254 cm³/mol. The summed E-state index contributed by atoms with van der Waals surface area (Å²) in [4.78, 5) is 0. The molecule has 9 aromatic carbocycles. The number of aromatic nitrogens is 3. The Bertz CT molecular complexity index is 4020. The van der Waals surface area contributed by atoms with Crippen molar-refractivity contribution in [3.8, 4) is 28.2 Å². The number of benzene rings is 9. The normalized spacial score (nSPS) is 13.5. The molecule has 0 N–H and O–H groups in total. The van der Waals surface area contributed by atoms with Gasteiger partial charge < -0.3 is 18.1 Å². The molecule has 4 heterocycles. The minimum Gasteiger partial charge on any atom is -0.455 e. The molecule has 4 nitrogen and oxygen atoms in total. The second kappa shape index (κ2) is 11.7. The second-order valence-corrected chi connectivity index (χ2v) is 17.3. The first-order valence-corrected chi connectivity index (χ1v) is 21.2. The standard InChI is InChI=1S/C57H37N3O/c1-57(2)45-20-10-6-16-37(45)38-26-24-36(33-46(38)57)60-49-23-13-9-19-43(49)54-52(60)31-28-41-40-27-30-51-53(55(40)61-56(41)54)42-18-8-12-22-48(42)59(51)35-25-29-50-44(32-35)39-17-7-11-21-47(39)58(50)34-14-4-3-5-15-34/h3-33H,1-2H3. The average Bonchev–Trinajstić information content (AvgIpc) is 4.08. The van der Waals surface area contributed by atoms with Gasteiger partial charge in [0.05, 0.1) is 43.9 Å². The zero-order valence-corrected chi connectivity index (χ0v) is 33.6. The van der Waals surface area contributed by atoms with Crippen molar-refractivity contribution < 1.29 is 4.42 Å². The molecule has 1 aliphatic carbocycles. The Labute approximate surface area is 350 Å². The van der Waals surface area contributed by atoms with E-state index in [9.17, 15) is 0 Å². The summed E-state index contributed by atoms with van der Waals surface area (Å²) >= 11 is 0. The summed E-state index contributed by atoms with van der Waals surface area (Å²) in [6, 6.07) is 68.9. The van der Waals surface area contributed by atoms with Gasteiger partial charge in [0.15, 0.2) is 0 Å². The van der Waals surface area contributed by atoms with Crippen molar-refractivity contribution in [3.05, 3.63) is 199 Å². The largest absolute Gasteiger partial charge is 0.455 e. The molecule has 61 heavy (non-hydrogen) atoms. The van der Waals surface area contributed by atoms with Crippen LogP contribution in [-0.2, 0) is 5.41 Å². The molecule has 0 spiro atoms. The lowest BCUT2D eigenvalue weighted by Crippen LogP contribution is -2.15. The molecule has 4 aromatic heterocycles. The van der Waals surface area contributed by atoms with Crippen LogP contribution in [-0.4, -0.2) is 13.7 Å². The number of hydrogen-bond donors (Lipinski definition) is 0. The first-order chi connectivity index (χ1) is 30.0. The van der Waals surface area contributed by atoms with E-state index in [2.05, 4.69) is 216 Å². The second-order valence-electron chi connectivity index (χ2n) is 17.3. The minimum absolute atomic E-state index is 0.0932. The lowest BCUT2D eigenvalue weighted by atomic mass is 9.82. The number of para-hydroxylation sites is 4. The Kier molecular flexibility index (Phi) is 6.33. The van der Waals surface area contributed by atoms with E-state index in [4.69, 9.17) is 4.42 Å². The maximum absolute atomic E-state index is 7.29. The number of furan rings is 1. The summed E-state index contributed by atoms with van der Waals surface area (Å²) in [6.45, 7) is 4.71. The van der Waals surface area contributed by atoms with Crippen LogP contribution in [0.4, 0.5) is 0 Å². The van der Waals surface area contributed by atoms with Gasteiger partial charge in [0.25, 0.3) is 0 Å². The van der Waals surface area contributed by atoms with Gasteiger partial charge in [-0.1, -0.05) is 117 Å². The van der Waals surface area contributed by atoms with Crippen LogP contribution in [0.1, 0.15) is 25.0 Å². The zero-order valence-electron chi connectivity index (χ0n) is 33.6. The third-order valence-electron chi connectivity index (χ3n) is 13.8. The van der Waals surface area contributed by atoms with Gasteiger partial charge in [-0.3, -0.25) is 0 Å². The van der Waals surface area contributed by atoms with E-state index in [0.29, 0.717) is 0 Å². The molecule has 13 aromatic rings. The van der Waals surface area contributed by atoms with E-state index in [1.54, 1.807) is 0 Å². The summed E-state index contributed by atoms with van der Waals surface area (Å²) in [5.41, 5.74) is 17.6. The fourth-order valence-corrected chi connectivity index (χ4v) is 11.1. The molecule has 0 aliphatic heterocycles. The van der Waals surface area contributed by atoms with Crippen LogP contribution in [0.3, 0.4) is 0 Å². The molecule has 0 saturated carbocycles. The molecule has 0 fully saturated rings. The number of nitrogens with zero attached hydrogens (tertiary/aromatic N) is 3. The number of hydrogen-bond acceptors (Lipinski definition) is 1. The fourth-order valence-electron chi connectivity index (χ4n) is 11.1. The van der Waals surface area contributed by atoms with E-state index >= 15 is 0 Å². The number of fused-ring (bicyclic) bond motifs is 17. The van der Waals surface area contributed by atoms with Crippen LogP contribution in [0.5, 0.6) is 0 Å². The molecular weight excluding hydrogens is 743 g/mol. The van der Waals surface area contributed by atoms with Crippen molar-refractivity contribution in [2.75, 3.05) is 0 Å². The molecule has 0 atom stereocenters. The average molecular weight is 780 g/mol. The maximum atomic E-state index is 7.29. The van der Waals surface area contributed by atoms with Crippen LogP contribution in [0.15, 0.2) is 192 Å². The van der Waals surface area contributed by atoms with Crippen LogP contribution in [0, 0.1) is 0 Å². The number of rotatable bonds is 3. The molecule has 1 aliphatic rings. The SMILES string of the molecule is CC1(C)c2ccccc2-c2ccc(-n3c4ccccc4c4c5oc6c(ccc7c6c6ccccc6n7-c6ccc7c(c6)c6ccccc6n7-c6ccccc6)c5ccc43)cc21. The van der Waals surface area contributed by atoms with Gasteiger partial charge in [-0.05, 0) is 107 Å². The Hall–Kier alpha value is -7.82. The lowest BCUT2D eigenvalue weighted by molar-refractivity contribution is 0.660. The van der Waals surface area contributed by atoms with Crippen molar-refractivity contribution in [2.45, 2.75) is 19.3 Å². The zero-order chi connectivity index (χ0) is 40.1. The molecule has 0 saturated heterocycles. The summed E-state index contributed by atoms with van der Waals surface area (Å²) in [5, 5.41) is 9.36. The van der Waals surface area contributed by atoms with Gasteiger partial charge in [0.2, 0.25) is 0 Å². The third-order valence-corrected chi connectivity index (χ3v) is 13.8. The van der Waals surface area contributed by atoms with Crippen molar-refractivity contribution in [1.29, 1.82) is 0 Å². The summed E-state index contributed by atoms with van der Waals surface area (Å²) in [5.74, 6) is 0. The van der Waals surface area contributed by atoms with Crippen molar-refractivity contribution in [3.63, 3.8) is 0 Å². The molecule has 286 valence electrons. The van der Waals surface area contributed by atoms with E-state index in [0.717, 1.165) is 66.3 Å². The van der Waals surface area contributed by atoms with Crippen LogP contribution in [0.25, 0.3) is 116 Å². The molecule has 0 unspecified atom stereocenters. The van der Waals surface area contributed by atoms with Crippen molar-refractivity contribution in [1.82, 2.24) is 13.7 Å². The lowest BCUT2D eigenvalue weighted by Gasteiger charge is -2.22. The van der Waals surface area contributed by atoms with Crippen molar-refractivity contribution in [2.24, 2.45) is 0 Å². The van der Waals surface area contributed by atoms with Gasteiger partial charge in [0, 0.05) is 54.8 Å². The van der Waals surface area contributed by atoms with E-state index in [-0.39, 0.29) is 5.41 Å². The molecule has 0 amide bonds. The first kappa shape index (κ1) is 33.1. The topological polar surface area (TPSA) is 27.9 Å². The highest BCUT2D eigenvalue weighted by molar-refractivity contribution is 6.29. The first-order valence-electron chi connectivity index (χ1n) is 21.2. The highest BCUT2D eigenvalue weighted by Gasteiger charge is 2.35. The highest BCUT2D eigenvalue weighted by atomic mass is 16.3. The molecule has 0 radical (unpaired) electrons. The smallest absolute Gasteiger partial charge is 0.145 e. The van der Waals surface area contributed by atoms with Gasteiger partial charge in [-0.25, -0.2) is 0 Å². The van der Waals surface area contributed by atoms with E-state index in [1.165, 1.54) is 60.3 Å². The molecule has 4 heteroatoms. The van der Waals surface area contributed by atoms with E-state index < -0.39 is 0 Å². The summed E-state index contributed by atoms with van der Waals surface area (Å²) in [6.07, 6.45) is 0.